The quantitative estimate of drug-likeness (QED) is 0.548. The van der Waals surface area contributed by atoms with E-state index in [9.17, 15) is 0 Å². The predicted molar refractivity (Wildman–Crippen MR) is 112 cm³/mol. The molecule has 1 N–H and O–H groups in total. The Bertz CT molecular complexity index is 727. The Morgan fingerprint density at radius 2 is 1.31 bits per heavy atom. The molecule has 4 rings (SSSR count). The molecule has 2 aliphatic rings. The molecule has 1 aliphatic heterocycles. The molecule has 5 heteroatoms. The molecular weight excluding hydrogens is 456 g/mol. The van der Waals surface area contributed by atoms with E-state index < -0.39 is 0 Å². The maximum atomic E-state index is 5.27. The van der Waals surface area contributed by atoms with Crippen LogP contribution < -0.4 is 5.32 Å². The SMILES string of the molecule is CON=C1[C@H]2CCC[C@@H]1[C@H](c1ccc(Br)cc1)N[C@@H]2c1ccc(Br)cc1. The topological polar surface area (TPSA) is 33.6 Å². The Kier molecular flexibility index (Phi) is 5.48. The predicted octanol–water partition coefficient (Wildman–Crippen LogP) is 6.02. The van der Waals surface area contributed by atoms with Gasteiger partial charge in [-0.05, 0) is 48.2 Å². The number of fused-ring (bicyclic) bond motifs is 2. The number of oxime groups is 1. The van der Waals surface area contributed by atoms with Crippen LogP contribution in [0.15, 0.2) is 62.6 Å². The van der Waals surface area contributed by atoms with Crippen LogP contribution >= 0.6 is 31.9 Å². The van der Waals surface area contributed by atoms with E-state index in [4.69, 9.17) is 4.84 Å². The molecule has 2 bridgehead atoms. The number of benzene rings is 2. The molecule has 0 spiro atoms. The lowest BCUT2D eigenvalue weighted by molar-refractivity contribution is 0.180. The molecule has 2 fully saturated rings. The van der Waals surface area contributed by atoms with Crippen molar-refractivity contribution in [3.63, 3.8) is 0 Å². The Morgan fingerprint density at radius 3 is 1.73 bits per heavy atom. The van der Waals surface area contributed by atoms with Gasteiger partial charge >= 0.3 is 0 Å². The van der Waals surface area contributed by atoms with Crippen LogP contribution in [-0.2, 0) is 4.84 Å². The highest BCUT2D eigenvalue weighted by molar-refractivity contribution is 9.10. The highest BCUT2D eigenvalue weighted by atomic mass is 79.9. The average Bonchev–Trinajstić information content (AvgIpc) is 2.64. The second-order valence-corrected chi connectivity index (χ2v) is 8.90. The summed E-state index contributed by atoms with van der Waals surface area (Å²) < 4.78 is 2.21. The lowest BCUT2D eigenvalue weighted by atomic mass is 9.67. The van der Waals surface area contributed by atoms with E-state index in [0.717, 1.165) is 21.8 Å². The molecule has 1 aliphatic carbocycles. The standard InChI is InChI=1S/C21H22Br2N2O/c1-26-25-21-17-3-2-4-18(21)20(14-7-11-16(23)12-8-14)24-19(17)13-5-9-15(22)10-6-13/h5-12,17-20,24H,2-4H2,1H3/t17-,18+,19+,20-. The third kappa shape index (κ3) is 3.49. The maximum absolute atomic E-state index is 5.27. The number of halogens is 2. The first-order chi connectivity index (χ1) is 12.7. The number of nitrogens with one attached hydrogen (secondary N) is 1. The van der Waals surface area contributed by atoms with E-state index in [1.54, 1.807) is 7.11 Å². The Hall–Kier alpha value is -1.17. The molecule has 2 aromatic carbocycles. The zero-order valence-electron chi connectivity index (χ0n) is 14.7. The minimum atomic E-state index is 0.252. The minimum absolute atomic E-state index is 0.252. The number of hydrogen-bond acceptors (Lipinski definition) is 3. The molecule has 0 radical (unpaired) electrons. The van der Waals surface area contributed by atoms with E-state index >= 15 is 0 Å². The van der Waals surface area contributed by atoms with E-state index in [-0.39, 0.29) is 12.1 Å². The van der Waals surface area contributed by atoms with Crippen LogP contribution in [0.5, 0.6) is 0 Å². The molecular formula is C21H22Br2N2O. The minimum Gasteiger partial charge on any atom is -0.399 e. The molecule has 0 aromatic heterocycles. The van der Waals surface area contributed by atoms with Crippen molar-refractivity contribution in [3.8, 4) is 0 Å². The largest absolute Gasteiger partial charge is 0.399 e. The van der Waals surface area contributed by atoms with Gasteiger partial charge in [0.05, 0.1) is 5.71 Å². The first kappa shape index (κ1) is 18.2. The van der Waals surface area contributed by atoms with Gasteiger partial charge in [0.1, 0.15) is 7.11 Å². The fourth-order valence-corrected chi connectivity index (χ4v) is 5.00. The summed E-state index contributed by atoms with van der Waals surface area (Å²) in [7, 11) is 1.66. The molecule has 1 saturated carbocycles. The maximum Gasteiger partial charge on any atom is 0.106 e. The second-order valence-electron chi connectivity index (χ2n) is 7.07. The Labute approximate surface area is 171 Å². The summed E-state index contributed by atoms with van der Waals surface area (Å²) in [5.41, 5.74) is 3.84. The fraction of sp³-hybridized carbons (Fsp3) is 0.381. The van der Waals surface area contributed by atoms with Gasteiger partial charge in [0.25, 0.3) is 0 Å². The van der Waals surface area contributed by atoms with Crippen LogP contribution in [0.4, 0.5) is 0 Å². The summed E-state index contributed by atoms with van der Waals surface area (Å²) in [5.74, 6) is 0.781. The molecule has 3 nitrogen and oxygen atoms in total. The monoisotopic (exact) mass is 476 g/mol. The number of rotatable bonds is 3. The lowest BCUT2D eigenvalue weighted by Crippen LogP contribution is -2.50. The van der Waals surface area contributed by atoms with Crippen LogP contribution in [0.3, 0.4) is 0 Å². The first-order valence-electron chi connectivity index (χ1n) is 9.05. The lowest BCUT2D eigenvalue weighted by Gasteiger charge is -2.47. The van der Waals surface area contributed by atoms with Gasteiger partial charge in [-0.3, -0.25) is 0 Å². The van der Waals surface area contributed by atoms with E-state index in [1.807, 2.05) is 0 Å². The third-order valence-corrected chi connectivity index (χ3v) is 6.67. The van der Waals surface area contributed by atoms with Crippen molar-refractivity contribution in [1.29, 1.82) is 0 Å². The van der Waals surface area contributed by atoms with Gasteiger partial charge in [-0.2, -0.15) is 0 Å². The van der Waals surface area contributed by atoms with Crippen LogP contribution in [0.1, 0.15) is 42.5 Å². The molecule has 1 heterocycles. The van der Waals surface area contributed by atoms with Crippen molar-refractivity contribution in [1.82, 2.24) is 5.32 Å². The van der Waals surface area contributed by atoms with Crippen LogP contribution in [0.25, 0.3) is 0 Å². The average molecular weight is 478 g/mol. The van der Waals surface area contributed by atoms with Crippen molar-refractivity contribution < 1.29 is 4.84 Å². The summed E-state index contributed by atoms with van der Waals surface area (Å²) >= 11 is 7.09. The van der Waals surface area contributed by atoms with Crippen LogP contribution in [-0.4, -0.2) is 12.8 Å². The van der Waals surface area contributed by atoms with Gasteiger partial charge in [0.15, 0.2) is 0 Å². The van der Waals surface area contributed by atoms with Gasteiger partial charge in [-0.25, -0.2) is 0 Å². The molecule has 4 atom stereocenters. The fourth-order valence-electron chi connectivity index (χ4n) is 4.47. The second kappa shape index (κ2) is 7.83. The first-order valence-corrected chi connectivity index (χ1v) is 10.6. The Balaban J connectivity index is 1.76. The highest BCUT2D eigenvalue weighted by Crippen LogP contribution is 2.46. The molecule has 26 heavy (non-hydrogen) atoms. The van der Waals surface area contributed by atoms with Crippen molar-refractivity contribution in [2.75, 3.05) is 7.11 Å². The van der Waals surface area contributed by atoms with E-state index in [0.29, 0.717) is 11.8 Å². The third-order valence-electron chi connectivity index (χ3n) is 5.61. The molecule has 0 unspecified atom stereocenters. The molecule has 1 saturated heterocycles. The van der Waals surface area contributed by atoms with E-state index in [1.165, 1.54) is 23.3 Å². The smallest absolute Gasteiger partial charge is 0.106 e. The van der Waals surface area contributed by atoms with Gasteiger partial charge in [0, 0.05) is 32.9 Å². The van der Waals surface area contributed by atoms with Crippen LogP contribution in [0, 0.1) is 11.8 Å². The zero-order chi connectivity index (χ0) is 18.1. The summed E-state index contributed by atoms with van der Waals surface area (Å²) in [6, 6.07) is 17.8. The van der Waals surface area contributed by atoms with Crippen molar-refractivity contribution >= 4 is 37.6 Å². The Morgan fingerprint density at radius 1 is 0.846 bits per heavy atom. The van der Waals surface area contributed by atoms with Gasteiger partial charge in [0.2, 0.25) is 0 Å². The van der Waals surface area contributed by atoms with Gasteiger partial charge in [-0.15, -0.1) is 0 Å². The van der Waals surface area contributed by atoms with Gasteiger partial charge < -0.3 is 10.2 Å². The summed E-state index contributed by atoms with van der Waals surface area (Å²) in [4.78, 5) is 5.27. The number of hydrogen-bond donors (Lipinski definition) is 1. The molecule has 136 valence electrons. The van der Waals surface area contributed by atoms with E-state index in [2.05, 4.69) is 90.9 Å². The highest BCUT2D eigenvalue weighted by Gasteiger charge is 2.45. The van der Waals surface area contributed by atoms with Crippen molar-refractivity contribution in [3.05, 3.63) is 68.6 Å². The van der Waals surface area contributed by atoms with Crippen molar-refractivity contribution in [2.45, 2.75) is 31.3 Å². The van der Waals surface area contributed by atoms with Crippen molar-refractivity contribution in [2.24, 2.45) is 17.0 Å². The normalized spacial score (nSPS) is 29.6. The summed E-state index contributed by atoms with van der Waals surface area (Å²) in [5, 5.41) is 8.46. The molecule has 0 amide bonds. The number of piperidine rings is 1. The van der Waals surface area contributed by atoms with Gasteiger partial charge in [-0.1, -0.05) is 67.7 Å². The zero-order valence-corrected chi connectivity index (χ0v) is 17.8. The number of nitrogens with zero attached hydrogens (tertiary/aromatic N) is 1. The summed E-state index contributed by atoms with van der Waals surface area (Å²) in [6.45, 7) is 0. The van der Waals surface area contributed by atoms with Crippen LogP contribution in [0.2, 0.25) is 0 Å². The summed E-state index contributed by atoms with van der Waals surface area (Å²) in [6.07, 6.45) is 3.54. The molecule has 2 aromatic rings.